The lowest BCUT2D eigenvalue weighted by atomic mass is 10.0. The Labute approximate surface area is 156 Å². The largest absolute Gasteiger partial charge is 0.468 e. The second-order valence-corrected chi connectivity index (χ2v) is 7.26. The number of nitrogens with two attached hydrogens (primary N) is 1. The zero-order valence-corrected chi connectivity index (χ0v) is 15.8. The van der Waals surface area contributed by atoms with E-state index in [-0.39, 0.29) is 6.04 Å². The molecule has 0 amide bonds. The van der Waals surface area contributed by atoms with E-state index >= 15 is 0 Å². The van der Waals surface area contributed by atoms with Gasteiger partial charge in [0.2, 0.25) is 0 Å². The summed E-state index contributed by atoms with van der Waals surface area (Å²) < 4.78 is 5.67. The molecule has 0 aliphatic carbocycles. The van der Waals surface area contributed by atoms with Crippen LogP contribution in [0.5, 0.6) is 0 Å². The van der Waals surface area contributed by atoms with Crippen LogP contribution in [0.1, 0.15) is 56.4 Å². The highest BCUT2D eigenvalue weighted by Crippen LogP contribution is 2.25. The van der Waals surface area contributed by atoms with Crippen LogP contribution < -0.4 is 11.1 Å². The molecule has 140 valence electrons. The summed E-state index contributed by atoms with van der Waals surface area (Å²) in [5, 5.41) is 3.22. The Kier molecular flexibility index (Phi) is 6.34. The van der Waals surface area contributed by atoms with Crippen LogP contribution in [0.25, 0.3) is 0 Å². The highest BCUT2D eigenvalue weighted by molar-refractivity contribution is 5.92. The molecule has 1 aliphatic rings. The van der Waals surface area contributed by atoms with Crippen molar-refractivity contribution in [3.05, 3.63) is 54.0 Å². The van der Waals surface area contributed by atoms with Crippen LogP contribution in [0, 0.1) is 0 Å². The maximum atomic E-state index is 6.15. The number of anilines is 1. The van der Waals surface area contributed by atoms with E-state index in [0.717, 1.165) is 24.5 Å². The lowest BCUT2D eigenvalue weighted by molar-refractivity contribution is 0.150. The molecule has 1 aromatic carbocycles. The quantitative estimate of drug-likeness (QED) is 0.597. The number of guanidine groups is 1. The number of hydrogen-bond donors (Lipinski definition) is 2. The molecule has 0 saturated carbocycles. The molecule has 5 heteroatoms. The first-order chi connectivity index (χ1) is 12.6. The van der Waals surface area contributed by atoms with Gasteiger partial charge in [-0.3, -0.25) is 9.89 Å². The molecular formula is C21H30N4O. The minimum atomic E-state index is 0.146. The monoisotopic (exact) mass is 354 g/mol. The molecule has 2 aromatic rings. The second-order valence-electron chi connectivity index (χ2n) is 7.26. The van der Waals surface area contributed by atoms with Crippen molar-refractivity contribution in [1.82, 2.24) is 4.90 Å². The molecule has 3 rings (SSSR count). The molecule has 1 fully saturated rings. The smallest absolute Gasteiger partial charge is 0.193 e. The lowest BCUT2D eigenvalue weighted by Crippen LogP contribution is -2.36. The van der Waals surface area contributed by atoms with E-state index < -0.39 is 0 Å². The number of nitrogens with zero attached hydrogens (tertiary/aromatic N) is 2. The van der Waals surface area contributed by atoms with Gasteiger partial charge in [-0.15, -0.1) is 0 Å². The molecule has 26 heavy (non-hydrogen) atoms. The van der Waals surface area contributed by atoms with Crippen molar-refractivity contribution in [2.75, 3.05) is 25.0 Å². The molecule has 5 nitrogen and oxygen atoms in total. The summed E-state index contributed by atoms with van der Waals surface area (Å²) in [6.45, 7) is 7.14. The molecule has 0 radical (unpaired) electrons. The zero-order chi connectivity index (χ0) is 18.4. The summed E-state index contributed by atoms with van der Waals surface area (Å²) in [5.41, 5.74) is 8.41. The van der Waals surface area contributed by atoms with E-state index in [1.807, 2.05) is 24.3 Å². The molecule has 3 N–H and O–H groups in total. The van der Waals surface area contributed by atoms with Crippen molar-refractivity contribution in [3.8, 4) is 0 Å². The molecule has 1 aromatic heterocycles. The predicted octanol–water partition coefficient (Wildman–Crippen LogP) is 4.36. The van der Waals surface area contributed by atoms with Crippen LogP contribution in [0.2, 0.25) is 0 Å². The molecule has 1 aliphatic heterocycles. The summed E-state index contributed by atoms with van der Waals surface area (Å²) in [6, 6.07) is 12.4. The number of benzene rings is 1. The van der Waals surface area contributed by atoms with Gasteiger partial charge in [-0.1, -0.05) is 32.4 Å². The van der Waals surface area contributed by atoms with Crippen LogP contribution in [-0.2, 0) is 0 Å². The Hall–Kier alpha value is -2.27. The average Bonchev–Trinajstić information content (AvgIpc) is 3.17. The number of aliphatic imine (C=N–C) groups is 1. The SMILES string of the molecule is CC(C)c1cccc(NC(N)=NCC(c2ccco2)N2CCCCC2)c1. The van der Waals surface area contributed by atoms with Gasteiger partial charge >= 0.3 is 0 Å². The van der Waals surface area contributed by atoms with Crippen molar-refractivity contribution in [1.29, 1.82) is 0 Å². The maximum absolute atomic E-state index is 6.15. The van der Waals surface area contributed by atoms with Crippen LogP contribution >= 0.6 is 0 Å². The van der Waals surface area contributed by atoms with Gasteiger partial charge in [0.05, 0.1) is 18.8 Å². The zero-order valence-electron chi connectivity index (χ0n) is 15.8. The van der Waals surface area contributed by atoms with Gasteiger partial charge in [0.25, 0.3) is 0 Å². The van der Waals surface area contributed by atoms with Gasteiger partial charge in [0.1, 0.15) is 5.76 Å². The summed E-state index contributed by atoms with van der Waals surface area (Å²) in [4.78, 5) is 7.06. The highest BCUT2D eigenvalue weighted by atomic mass is 16.3. The highest BCUT2D eigenvalue weighted by Gasteiger charge is 2.24. The second kappa shape index (κ2) is 8.90. The third-order valence-corrected chi connectivity index (χ3v) is 4.96. The van der Waals surface area contributed by atoms with Gasteiger partial charge in [0.15, 0.2) is 5.96 Å². The number of likely N-dealkylation sites (tertiary alicyclic amines) is 1. The number of rotatable bonds is 6. The van der Waals surface area contributed by atoms with Crippen LogP contribution in [-0.4, -0.2) is 30.5 Å². The first kappa shape index (κ1) is 18.5. The lowest BCUT2D eigenvalue weighted by Gasteiger charge is -2.32. The Morgan fingerprint density at radius 2 is 2.00 bits per heavy atom. The van der Waals surface area contributed by atoms with E-state index in [9.17, 15) is 0 Å². The maximum Gasteiger partial charge on any atom is 0.193 e. The standard InChI is InChI=1S/C21H30N4O/c1-16(2)17-8-6-9-18(14-17)24-21(22)23-15-19(20-10-7-13-26-20)25-11-4-3-5-12-25/h6-10,13-14,16,19H,3-5,11-12,15H2,1-2H3,(H3,22,23,24). The topological polar surface area (TPSA) is 66.8 Å². The first-order valence-electron chi connectivity index (χ1n) is 9.58. The average molecular weight is 354 g/mol. The van der Waals surface area contributed by atoms with E-state index in [1.54, 1.807) is 6.26 Å². The Morgan fingerprint density at radius 3 is 2.69 bits per heavy atom. The fraction of sp³-hybridized carbons (Fsp3) is 0.476. The first-order valence-corrected chi connectivity index (χ1v) is 9.58. The van der Waals surface area contributed by atoms with Crippen molar-refractivity contribution >= 4 is 11.6 Å². The summed E-state index contributed by atoms with van der Waals surface area (Å²) in [5.74, 6) is 1.89. The van der Waals surface area contributed by atoms with Crippen molar-refractivity contribution in [2.24, 2.45) is 10.7 Å². The molecular weight excluding hydrogens is 324 g/mol. The van der Waals surface area contributed by atoms with E-state index in [2.05, 4.69) is 41.2 Å². The van der Waals surface area contributed by atoms with Crippen molar-refractivity contribution in [2.45, 2.75) is 45.1 Å². The number of furan rings is 1. The third kappa shape index (κ3) is 4.88. The third-order valence-electron chi connectivity index (χ3n) is 4.96. The Morgan fingerprint density at radius 1 is 1.19 bits per heavy atom. The van der Waals surface area contributed by atoms with Crippen LogP contribution in [0.15, 0.2) is 52.1 Å². The van der Waals surface area contributed by atoms with E-state index in [4.69, 9.17) is 10.2 Å². The van der Waals surface area contributed by atoms with Gasteiger partial charge in [0, 0.05) is 5.69 Å². The van der Waals surface area contributed by atoms with Crippen LogP contribution in [0.3, 0.4) is 0 Å². The summed E-state index contributed by atoms with van der Waals surface area (Å²) in [6.07, 6.45) is 5.50. The predicted molar refractivity (Wildman–Crippen MR) is 108 cm³/mol. The van der Waals surface area contributed by atoms with E-state index in [0.29, 0.717) is 18.4 Å². The van der Waals surface area contributed by atoms with Crippen molar-refractivity contribution < 1.29 is 4.42 Å². The van der Waals surface area contributed by atoms with Crippen molar-refractivity contribution in [3.63, 3.8) is 0 Å². The van der Waals surface area contributed by atoms with Gasteiger partial charge in [-0.25, -0.2) is 0 Å². The van der Waals surface area contributed by atoms with Crippen LogP contribution in [0.4, 0.5) is 5.69 Å². The minimum Gasteiger partial charge on any atom is -0.468 e. The molecule has 0 spiro atoms. The normalized spacial score (nSPS) is 17.4. The molecule has 0 bridgehead atoms. The Bertz CT molecular complexity index is 703. The van der Waals surface area contributed by atoms with E-state index in [1.165, 1.54) is 24.8 Å². The summed E-state index contributed by atoms with van der Waals surface area (Å²) in [7, 11) is 0. The molecule has 1 saturated heterocycles. The summed E-state index contributed by atoms with van der Waals surface area (Å²) >= 11 is 0. The molecule has 2 heterocycles. The fourth-order valence-corrected chi connectivity index (χ4v) is 3.44. The molecule has 1 unspecified atom stereocenters. The van der Waals surface area contributed by atoms with Gasteiger partial charge < -0.3 is 15.5 Å². The van der Waals surface area contributed by atoms with Gasteiger partial charge in [-0.2, -0.15) is 0 Å². The number of piperidine rings is 1. The fourth-order valence-electron chi connectivity index (χ4n) is 3.44. The molecule has 1 atom stereocenters. The number of nitrogens with one attached hydrogen (secondary N) is 1. The minimum absolute atomic E-state index is 0.146. The van der Waals surface area contributed by atoms with Gasteiger partial charge in [-0.05, 0) is 61.7 Å². The Balaban J connectivity index is 1.67. The number of hydrogen-bond acceptors (Lipinski definition) is 3.